The van der Waals surface area contributed by atoms with E-state index in [1.807, 2.05) is 13.0 Å². The van der Waals surface area contributed by atoms with E-state index in [1.165, 1.54) is 16.6 Å². The van der Waals surface area contributed by atoms with Crippen LogP contribution in [0.25, 0.3) is 16.7 Å². The molecule has 0 bridgehead atoms. The van der Waals surface area contributed by atoms with Gasteiger partial charge in [-0.2, -0.15) is 0 Å². The molecule has 158 valence electrons. The Morgan fingerprint density at radius 2 is 1.90 bits per heavy atom. The zero-order valence-corrected chi connectivity index (χ0v) is 20.3. The van der Waals surface area contributed by atoms with E-state index in [2.05, 4.69) is 72.6 Å². The zero-order valence-electron chi connectivity index (χ0n) is 17.2. The Labute approximate surface area is 193 Å². The molecule has 0 radical (unpaired) electrons. The van der Waals surface area contributed by atoms with E-state index in [0.29, 0.717) is 5.92 Å². The molecule has 4 rings (SSSR count). The topological polar surface area (TPSA) is 58.4 Å². The van der Waals surface area contributed by atoms with Crippen LogP contribution in [0.1, 0.15) is 36.9 Å². The minimum Gasteiger partial charge on any atom is -0.481 e. The van der Waals surface area contributed by atoms with Crippen molar-refractivity contribution in [2.45, 2.75) is 39.5 Å². The summed E-state index contributed by atoms with van der Waals surface area (Å²) in [5.41, 5.74) is 5.47. The summed E-state index contributed by atoms with van der Waals surface area (Å²) in [6.45, 7) is 6.10. The summed E-state index contributed by atoms with van der Waals surface area (Å²) in [7, 11) is 0. The van der Waals surface area contributed by atoms with Crippen molar-refractivity contribution in [3.63, 3.8) is 0 Å². The van der Waals surface area contributed by atoms with Gasteiger partial charge in [-0.1, -0.05) is 15.9 Å². The standard InChI is InChI=1S/C23H25Br2N3O2/c1-14-13-28(19-5-4-17(24)12-18(19)25)23-22(14)20(11-15(2)26-23)27-9-7-16(8-10-27)3-6-21(29)30/h4-5,11-13,16H,3,6-10H2,1-2H3,(H,29,30). The number of carboxylic acid groups (broad SMARTS) is 1. The maximum Gasteiger partial charge on any atom is 0.303 e. The largest absolute Gasteiger partial charge is 0.481 e. The average molecular weight is 535 g/mol. The molecule has 0 amide bonds. The Hall–Kier alpha value is -1.86. The SMILES string of the molecule is Cc1cc(N2CCC(CCC(=O)O)CC2)c2c(C)cn(-c3ccc(Br)cc3Br)c2n1. The van der Waals surface area contributed by atoms with Gasteiger partial charge in [-0.25, -0.2) is 4.98 Å². The van der Waals surface area contributed by atoms with Crippen LogP contribution >= 0.6 is 31.9 Å². The molecule has 2 aromatic heterocycles. The Balaban J connectivity index is 1.69. The summed E-state index contributed by atoms with van der Waals surface area (Å²) >= 11 is 7.22. The van der Waals surface area contributed by atoms with Crippen molar-refractivity contribution >= 4 is 54.5 Å². The number of aromatic nitrogens is 2. The molecule has 0 spiro atoms. The van der Waals surface area contributed by atoms with Crippen molar-refractivity contribution in [2.24, 2.45) is 5.92 Å². The van der Waals surface area contributed by atoms with Crippen LogP contribution in [0, 0.1) is 19.8 Å². The molecule has 30 heavy (non-hydrogen) atoms. The van der Waals surface area contributed by atoms with Crippen LogP contribution in [-0.4, -0.2) is 33.7 Å². The van der Waals surface area contributed by atoms with Gasteiger partial charge in [0.2, 0.25) is 0 Å². The third kappa shape index (κ3) is 4.28. The first-order valence-corrected chi connectivity index (χ1v) is 11.8. The van der Waals surface area contributed by atoms with Gasteiger partial charge in [0, 0.05) is 51.4 Å². The molecule has 0 unspecified atom stereocenters. The maximum atomic E-state index is 10.9. The first-order valence-electron chi connectivity index (χ1n) is 10.2. The molecule has 1 aliphatic rings. The Morgan fingerprint density at radius 3 is 2.57 bits per heavy atom. The Kier molecular flexibility index (Phi) is 6.21. The lowest BCUT2D eigenvalue weighted by atomic mass is 9.91. The van der Waals surface area contributed by atoms with Gasteiger partial charge in [0.15, 0.2) is 0 Å². The fraction of sp³-hybridized carbons (Fsp3) is 0.391. The van der Waals surface area contributed by atoms with E-state index < -0.39 is 5.97 Å². The van der Waals surface area contributed by atoms with Crippen molar-refractivity contribution in [3.05, 3.63) is 50.7 Å². The van der Waals surface area contributed by atoms with E-state index in [-0.39, 0.29) is 6.42 Å². The summed E-state index contributed by atoms with van der Waals surface area (Å²) in [6.07, 6.45) is 5.28. The first-order chi connectivity index (χ1) is 14.3. The number of anilines is 1. The van der Waals surface area contributed by atoms with Gasteiger partial charge < -0.3 is 10.0 Å². The monoisotopic (exact) mass is 533 g/mol. The molecule has 1 saturated heterocycles. The molecule has 1 aliphatic heterocycles. The second kappa shape index (κ2) is 8.71. The fourth-order valence-electron chi connectivity index (χ4n) is 4.41. The van der Waals surface area contributed by atoms with Crippen LogP contribution in [0.15, 0.2) is 39.4 Å². The van der Waals surface area contributed by atoms with Gasteiger partial charge in [0.1, 0.15) is 5.65 Å². The highest BCUT2D eigenvalue weighted by Gasteiger charge is 2.24. The normalized spacial score (nSPS) is 15.1. The molecular weight excluding hydrogens is 510 g/mol. The predicted octanol–water partition coefficient (Wildman–Crippen LogP) is 6.25. The van der Waals surface area contributed by atoms with Crippen LogP contribution in [0.2, 0.25) is 0 Å². The predicted molar refractivity (Wildman–Crippen MR) is 128 cm³/mol. The maximum absolute atomic E-state index is 10.9. The lowest BCUT2D eigenvalue weighted by Gasteiger charge is -2.34. The molecule has 3 aromatic rings. The molecule has 0 atom stereocenters. The van der Waals surface area contributed by atoms with Crippen molar-refractivity contribution in [3.8, 4) is 5.69 Å². The van der Waals surface area contributed by atoms with Crippen molar-refractivity contribution < 1.29 is 9.90 Å². The quantitative estimate of drug-likeness (QED) is 0.420. The minimum absolute atomic E-state index is 0.271. The molecule has 3 heterocycles. The highest BCUT2D eigenvalue weighted by atomic mass is 79.9. The number of piperidine rings is 1. The number of aryl methyl sites for hydroxylation is 2. The Morgan fingerprint density at radius 1 is 1.17 bits per heavy atom. The van der Waals surface area contributed by atoms with E-state index in [0.717, 1.165) is 58.3 Å². The number of benzene rings is 1. The number of hydrogen-bond acceptors (Lipinski definition) is 3. The highest BCUT2D eigenvalue weighted by Crippen LogP contribution is 2.36. The number of carbonyl (C=O) groups is 1. The Bertz CT molecular complexity index is 1100. The molecule has 0 saturated carbocycles. The molecular formula is C23H25Br2N3O2. The number of halogens is 2. The van der Waals surface area contributed by atoms with Crippen molar-refractivity contribution in [1.29, 1.82) is 0 Å². The smallest absolute Gasteiger partial charge is 0.303 e. The molecule has 1 aromatic carbocycles. The third-order valence-corrected chi connectivity index (χ3v) is 7.07. The van der Waals surface area contributed by atoms with Gasteiger partial charge in [-0.05, 0) is 84.8 Å². The zero-order chi connectivity index (χ0) is 21.4. The number of aliphatic carboxylic acids is 1. The van der Waals surface area contributed by atoms with Gasteiger partial charge in [0.25, 0.3) is 0 Å². The third-order valence-electron chi connectivity index (χ3n) is 5.94. The molecule has 7 heteroatoms. The fourth-order valence-corrected chi connectivity index (χ4v) is 5.65. The summed E-state index contributed by atoms with van der Waals surface area (Å²) in [4.78, 5) is 18.2. The second-order valence-electron chi connectivity index (χ2n) is 8.12. The van der Waals surface area contributed by atoms with E-state index in [1.54, 1.807) is 0 Å². The summed E-state index contributed by atoms with van der Waals surface area (Å²) in [5, 5.41) is 10.2. The van der Waals surface area contributed by atoms with Gasteiger partial charge in [-0.3, -0.25) is 9.36 Å². The first kappa shape index (κ1) is 21.4. The van der Waals surface area contributed by atoms with E-state index in [9.17, 15) is 4.79 Å². The second-order valence-corrected chi connectivity index (χ2v) is 9.89. The van der Waals surface area contributed by atoms with Crippen LogP contribution in [-0.2, 0) is 4.79 Å². The number of carboxylic acids is 1. The van der Waals surface area contributed by atoms with Crippen molar-refractivity contribution in [2.75, 3.05) is 18.0 Å². The number of fused-ring (bicyclic) bond motifs is 1. The average Bonchev–Trinajstić information content (AvgIpc) is 3.02. The number of rotatable bonds is 5. The number of pyridine rings is 1. The lowest BCUT2D eigenvalue weighted by Crippen LogP contribution is -2.34. The van der Waals surface area contributed by atoms with Crippen LogP contribution in [0.3, 0.4) is 0 Å². The summed E-state index contributed by atoms with van der Waals surface area (Å²) < 4.78 is 4.21. The van der Waals surface area contributed by atoms with Gasteiger partial charge >= 0.3 is 5.97 Å². The minimum atomic E-state index is -0.694. The number of hydrogen-bond donors (Lipinski definition) is 1. The van der Waals surface area contributed by atoms with Crippen LogP contribution < -0.4 is 4.90 Å². The highest BCUT2D eigenvalue weighted by molar-refractivity contribution is 9.11. The summed E-state index contributed by atoms with van der Waals surface area (Å²) in [6, 6.07) is 8.37. The molecule has 5 nitrogen and oxygen atoms in total. The lowest BCUT2D eigenvalue weighted by molar-refractivity contribution is -0.137. The van der Waals surface area contributed by atoms with E-state index in [4.69, 9.17) is 10.1 Å². The number of nitrogens with zero attached hydrogens (tertiary/aromatic N) is 3. The van der Waals surface area contributed by atoms with Crippen molar-refractivity contribution in [1.82, 2.24) is 9.55 Å². The molecule has 0 aliphatic carbocycles. The van der Waals surface area contributed by atoms with E-state index >= 15 is 0 Å². The molecule has 1 fully saturated rings. The molecule has 1 N–H and O–H groups in total. The van der Waals surface area contributed by atoms with Crippen LogP contribution in [0.5, 0.6) is 0 Å². The van der Waals surface area contributed by atoms with Gasteiger partial charge in [-0.15, -0.1) is 0 Å². The van der Waals surface area contributed by atoms with Gasteiger partial charge in [0.05, 0.1) is 5.69 Å². The van der Waals surface area contributed by atoms with Crippen LogP contribution in [0.4, 0.5) is 5.69 Å². The summed E-state index contributed by atoms with van der Waals surface area (Å²) in [5.74, 6) is -0.194.